The van der Waals surface area contributed by atoms with E-state index in [1.54, 1.807) is 12.1 Å². The van der Waals surface area contributed by atoms with Crippen molar-refractivity contribution >= 4 is 31.9 Å². The maximum absolute atomic E-state index is 12.8. The van der Waals surface area contributed by atoms with Gasteiger partial charge in [0.05, 0.1) is 4.90 Å². The van der Waals surface area contributed by atoms with Gasteiger partial charge in [0.25, 0.3) is 5.91 Å². The Balaban J connectivity index is 1.89. The van der Waals surface area contributed by atoms with Crippen LogP contribution in [0.3, 0.4) is 0 Å². The van der Waals surface area contributed by atoms with Crippen molar-refractivity contribution in [3.8, 4) is 0 Å². The second-order valence-electron chi connectivity index (χ2n) is 8.17. The lowest BCUT2D eigenvalue weighted by Gasteiger charge is -2.43. The fraction of sp³-hybridized carbons (Fsp3) is 0.611. The van der Waals surface area contributed by atoms with Gasteiger partial charge in [-0.15, -0.1) is 0 Å². The zero-order valence-electron chi connectivity index (χ0n) is 15.0. The van der Waals surface area contributed by atoms with Gasteiger partial charge in [-0.05, 0) is 77.2 Å². The Bertz CT molecular complexity index is 817. The third-order valence-corrected chi connectivity index (χ3v) is 8.71. The highest BCUT2D eigenvalue weighted by atomic mass is 79.9. The number of rotatable bonds is 4. The summed E-state index contributed by atoms with van der Waals surface area (Å²) in [5, 5.41) is 3.20. The molecule has 1 amide bonds. The number of nitrogens with one attached hydrogen (secondary N) is 2. The molecule has 3 atom stereocenters. The molecule has 1 unspecified atom stereocenters. The molecule has 138 valence electrons. The molecule has 5 nitrogen and oxygen atoms in total. The highest BCUT2D eigenvalue weighted by Gasteiger charge is 2.59. The van der Waals surface area contributed by atoms with E-state index >= 15 is 0 Å². The predicted molar refractivity (Wildman–Crippen MR) is 101 cm³/mol. The molecular formula is C18H25BrN2O3S. The van der Waals surface area contributed by atoms with Crippen LogP contribution in [0.2, 0.25) is 0 Å². The third-order valence-electron chi connectivity index (χ3n) is 6.30. The van der Waals surface area contributed by atoms with Gasteiger partial charge in [0, 0.05) is 16.1 Å². The van der Waals surface area contributed by atoms with Crippen molar-refractivity contribution in [1.29, 1.82) is 0 Å². The molecule has 1 aromatic carbocycles. The minimum atomic E-state index is -3.63. The van der Waals surface area contributed by atoms with Crippen molar-refractivity contribution in [2.75, 3.05) is 7.05 Å². The predicted octanol–water partition coefficient (Wildman–Crippen LogP) is 3.30. The zero-order chi connectivity index (χ0) is 18.6. The summed E-state index contributed by atoms with van der Waals surface area (Å²) in [5.74, 6) is 0.417. The van der Waals surface area contributed by atoms with Crippen molar-refractivity contribution in [2.24, 2.45) is 16.7 Å². The smallest absolute Gasteiger partial charge is 0.251 e. The number of benzene rings is 1. The Morgan fingerprint density at radius 2 is 1.96 bits per heavy atom. The SMILES string of the molecule is CNS(=O)(=O)c1cc(C(=O)NC2C(C)(C)[C@@H]3CC[C@]2(C)C3)ccc1Br. The molecule has 1 aromatic rings. The molecule has 2 bridgehead atoms. The van der Waals surface area contributed by atoms with E-state index in [4.69, 9.17) is 0 Å². The van der Waals surface area contributed by atoms with Crippen LogP contribution in [0.1, 0.15) is 50.4 Å². The number of carbonyl (C=O) groups is 1. The number of carbonyl (C=O) groups excluding carboxylic acids is 1. The Morgan fingerprint density at radius 1 is 1.28 bits per heavy atom. The van der Waals surface area contributed by atoms with Crippen LogP contribution in [0.5, 0.6) is 0 Å². The molecule has 0 heterocycles. The molecule has 2 saturated carbocycles. The maximum Gasteiger partial charge on any atom is 0.251 e. The highest BCUT2D eigenvalue weighted by molar-refractivity contribution is 9.10. The summed E-state index contributed by atoms with van der Waals surface area (Å²) in [4.78, 5) is 12.9. The quantitative estimate of drug-likeness (QED) is 0.771. The Morgan fingerprint density at radius 3 is 2.52 bits per heavy atom. The van der Waals surface area contributed by atoms with Crippen molar-refractivity contribution in [3.05, 3.63) is 28.2 Å². The summed E-state index contributed by atoms with van der Waals surface area (Å²) in [6, 6.07) is 4.77. The van der Waals surface area contributed by atoms with Gasteiger partial charge in [-0.3, -0.25) is 4.79 Å². The van der Waals surface area contributed by atoms with E-state index in [0.29, 0.717) is 16.0 Å². The average Bonchev–Trinajstić information content (AvgIpc) is 3.02. The Hall–Kier alpha value is -0.920. The van der Waals surface area contributed by atoms with Crippen LogP contribution in [0.25, 0.3) is 0 Å². The first-order valence-electron chi connectivity index (χ1n) is 8.55. The van der Waals surface area contributed by atoms with Crippen molar-refractivity contribution in [3.63, 3.8) is 0 Å². The second kappa shape index (κ2) is 6.06. The number of fused-ring (bicyclic) bond motifs is 2. The van der Waals surface area contributed by atoms with Gasteiger partial charge in [-0.1, -0.05) is 20.8 Å². The summed E-state index contributed by atoms with van der Waals surface area (Å²) >= 11 is 3.25. The number of sulfonamides is 1. The van der Waals surface area contributed by atoms with E-state index < -0.39 is 10.0 Å². The minimum Gasteiger partial charge on any atom is -0.348 e. The second-order valence-corrected chi connectivity index (χ2v) is 10.9. The number of amides is 1. The van der Waals surface area contributed by atoms with Gasteiger partial charge in [-0.25, -0.2) is 13.1 Å². The molecular weight excluding hydrogens is 404 g/mol. The number of hydrogen-bond donors (Lipinski definition) is 2. The lowest BCUT2D eigenvalue weighted by Crippen LogP contribution is -2.52. The van der Waals surface area contributed by atoms with Crippen LogP contribution < -0.4 is 10.0 Å². The molecule has 2 aliphatic carbocycles. The van der Waals surface area contributed by atoms with E-state index in [1.165, 1.54) is 19.5 Å². The fourth-order valence-corrected chi connectivity index (χ4v) is 6.55. The van der Waals surface area contributed by atoms with Crippen molar-refractivity contribution in [1.82, 2.24) is 10.0 Å². The largest absolute Gasteiger partial charge is 0.348 e. The first kappa shape index (κ1) is 18.9. The van der Waals surface area contributed by atoms with E-state index in [0.717, 1.165) is 12.8 Å². The van der Waals surface area contributed by atoms with E-state index in [9.17, 15) is 13.2 Å². The van der Waals surface area contributed by atoms with E-state index in [2.05, 4.69) is 46.7 Å². The molecule has 2 N–H and O–H groups in total. The van der Waals surface area contributed by atoms with Crippen molar-refractivity contribution < 1.29 is 13.2 Å². The first-order valence-corrected chi connectivity index (χ1v) is 10.8. The van der Waals surface area contributed by atoms with Crippen LogP contribution in [-0.4, -0.2) is 27.4 Å². The van der Waals surface area contributed by atoms with Crippen LogP contribution in [0.15, 0.2) is 27.6 Å². The summed E-state index contributed by atoms with van der Waals surface area (Å²) in [6.45, 7) is 6.71. The van der Waals surface area contributed by atoms with E-state index in [1.807, 2.05) is 0 Å². The molecule has 0 aliphatic heterocycles. The molecule has 0 radical (unpaired) electrons. The summed E-state index contributed by atoms with van der Waals surface area (Å²) in [7, 11) is -2.28. The maximum atomic E-state index is 12.8. The van der Waals surface area contributed by atoms with E-state index in [-0.39, 0.29) is 27.7 Å². The minimum absolute atomic E-state index is 0.0535. The van der Waals surface area contributed by atoms with Gasteiger partial charge < -0.3 is 5.32 Å². The topological polar surface area (TPSA) is 75.3 Å². The fourth-order valence-electron chi connectivity index (χ4n) is 4.84. The normalized spacial score (nSPS) is 30.4. The standard InChI is InChI=1S/C18H25BrN2O3S/c1-17(2)12-7-8-18(3,10-12)16(17)21-15(22)11-5-6-13(19)14(9-11)25(23,24)20-4/h5-6,9,12,16,20H,7-8,10H2,1-4H3,(H,21,22)/t12-,16?,18-/m1/s1. The molecule has 7 heteroatoms. The van der Waals surface area contributed by atoms with Crippen molar-refractivity contribution in [2.45, 2.75) is 51.0 Å². The molecule has 2 aliphatic rings. The summed E-state index contributed by atoms with van der Waals surface area (Å²) in [6.07, 6.45) is 3.50. The van der Waals surface area contributed by atoms with Crippen LogP contribution in [0.4, 0.5) is 0 Å². The van der Waals surface area contributed by atoms with Gasteiger partial charge in [0.1, 0.15) is 0 Å². The molecule has 3 rings (SSSR count). The monoisotopic (exact) mass is 428 g/mol. The lowest BCUT2D eigenvalue weighted by molar-refractivity contribution is 0.0737. The van der Waals surface area contributed by atoms with Gasteiger partial charge in [0.15, 0.2) is 0 Å². The molecule has 25 heavy (non-hydrogen) atoms. The van der Waals surface area contributed by atoms with Gasteiger partial charge in [0.2, 0.25) is 10.0 Å². The first-order chi connectivity index (χ1) is 11.5. The number of hydrogen-bond acceptors (Lipinski definition) is 3. The van der Waals surface area contributed by atoms with Crippen LogP contribution in [-0.2, 0) is 10.0 Å². The zero-order valence-corrected chi connectivity index (χ0v) is 17.4. The molecule has 0 saturated heterocycles. The molecule has 0 spiro atoms. The van der Waals surface area contributed by atoms with Gasteiger partial charge >= 0.3 is 0 Å². The highest BCUT2D eigenvalue weighted by Crippen LogP contribution is 2.62. The van der Waals surface area contributed by atoms with Crippen LogP contribution >= 0.6 is 15.9 Å². The number of halogens is 1. The Labute approximate surface area is 158 Å². The summed E-state index contributed by atoms with van der Waals surface area (Å²) in [5.41, 5.74) is 0.538. The average molecular weight is 429 g/mol. The molecule has 0 aromatic heterocycles. The lowest BCUT2D eigenvalue weighted by atomic mass is 9.68. The Kier molecular flexibility index (Phi) is 4.57. The van der Waals surface area contributed by atoms with Crippen LogP contribution in [0, 0.1) is 16.7 Å². The molecule has 2 fully saturated rings. The van der Waals surface area contributed by atoms with Gasteiger partial charge in [-0.2, -0.15) is 0 Å². The summed E-state index contributed by atoms with van der Waals surface area (Å²) < 4.78 is 27.0. The third kappa shape index (κ3) is 3.04.